The molecule has 1 aromatic heterocycles. The van der Waals surface area contributed by atoms with E-state index < -0.39 is 0 Å². The second-order valence-electron chi connectivity index (χ2n) is 4.55. The van der Waals surface area contributed by atoms with Gasteiger partial charge in [-0.3, -0.25) is 15.6 Å². The summed E-state index contributed by atoms with van der Waals surface area (Å²) >= 11 is 0. The molecule has 2 rings (SSSR count). The van der Waals surface area contributed by atoms with Gasteiger partial charge >= 0.3 is 0 Å². The largest absolute Gasteiger partial charge is 0.341 e. The number of nitrogen functional groups attached to an aromatic ring is 1. The fourth-order valence-electron chi connectivity index (χ4n) is 2.05. The van der Waals surface area contributed by atoms with Crippen molar-refractivity contribution in [2.75, 3.05) is 19.0 Å². The number of anilines is 1. The van der Waals surface area contributed by atoms with Crippen LogP contribution in [0.2, 0.25) is 0 Å². The van der Waals surface area contributed by atoms with Gasteiger partial charge in [0, 0.05) is 19.8 Å². The monoisotopic (exact) mass is 234 g/mol. The Bertz CT molecular complexity index is 403. The first kappa shape index (κ1) is 11.9. The summed E-state index contributed by atoms with van der Waals surface area (Å²) in [7, 11) is 1.83. The van der Waals surface area contributed by atoms with Crippen molar-refractivity contribution in [2.24, 2.45) is 11.8 Å². The van der Waals surface area contributed by atoms with E-state index in [2.05, 4.69) is 10.4 Å². The number of hydrogen-bond acceptors (Lipinski definition) is 4. The smallest absolute Gasteiger partial charge is 0.255 e. The van der Waals surface area contributed by atoms with Crippen molar-refractivity contribution < 1.29 is 4.79 Å². The van der Waals surface area contributed by atoms with Crippen molar-refractivity contribution in [3.63, 3.8) is 0 Å². The number of hydrazine groups is 1. The SMILES string of the molecule is CN(CC1CCC1)C(=O)c1ccncc1NN. The lowest BCUT2D eigenvalue weighted by Crippen LogP contribution is -2.34. The van der Waals surface area contributed by atoms with Crippen LogP contribution in [0.3, 0.4) is 0 Å². The maximum absolute atomic E-state index is 12.2. The Kier molecular flexibility index (Phi) is 3.58. The number of carbonyl (C=O) groups excluding carboxylic acids is 1. The molecule has 1 aliphatic carbocycles. The number of aromatic nitrogens is 1. The Morgan fingerprint density at radius 1 is 1.65 bits per heavy atom. The van der Waals surface area contributed by atoms with Gasteiger partial charge < -0.3 is 10.3 Å². The lowest BCUT2D eigenvalue weighted by atomic mass is 9.85. The van der Waals surface area contributed by atoms with E-state index in [-0.39, 0.29) is 5.91 Å². The Morgan fingerprint density at radius 2 is 2.41 bits per heavy atom. The first-order valence-corrected chi connectivity index (χ1v) is 5.88. The molecule has 1 aromatic rings. The van der Waals surface area contributed by atoms with Crippen molar-refractivity contribution in [3.05, 3.63) is 24.0 Å². The van der Waals surface area contributed by atoms with E-state index in [9.17, 15) is 4.79 Å². The maximum Gasteiger partial charge on any atom is 0.255 e. The van der Waals surface area contributed by atoms with Gasteiger partial charge in [0.1, 0.15) is 0 Å². The van der Waals surface area contributed by atoms with Crippen LogP contribution >= 0.6 is 0 Å². The van der Waals surface area contributed by atoms with E-state index in [1.54, 1.807) is 23.4 Å². The summed E-state index contributed by atoms with van der Waals surface area (Å²) in [5.74, 6) is 6.03. The molecular weight excluding hydrogens is 216 g/mol. The maximum atomic E-state index is 12.2. The van der Waals surface area contributed by atoms with Crippen LogP contribution in [0, 0.1) is 5.92 Å². The van der Waals surface area contributed by atoms with Crippen LogP contribution in [0.25, 0.3) is 0 Å². The van der Waals surface area contributed by atoms with Gasteiger partial charge in [-0.15, -0.1) is 0 Å². The van der Waals surface area contributed by atoms with Gasteiger partial charge in [0.25, 0.3) is 5.91 Å². The van der Waals surface area contributed by atoms with Crippen LogP contribution in [0.15, 0.2) is 18.5 Å². The third-order valence-corrected chi connectivity index (χ3v) is 3.31. The van der Waals surface area contributed by atoms with Crippen molar-refractivity contribution >= 4 is 11.6 Å². The summed E-state index contributed by atoms with van der Waals surface area (Å²) < 4.78 is 0. The average Bonchev–Trinajstić information content (AvgIpc) is 2.32. The summed E-state index contributed by atoms with van der Waals surface area (Å²) in [5, 5.41) is 0. The van der Waals surface area contributed by atoms with E-state index in [1.807, 2.05) is 7.05 Å². The molecule has 5 nitrogen and oxygen atoms in total. The van der Waals surface area contributed by atoms with Gasteiger partial charge in [0.2, 0.25) is 0 Å². The number of nitrogens with zero attached hydrogens (tertiary/aromatic N) is 2. The van der Waals surface area contributed by atoms with Crippen LogP contribution in [0.4, 0.5) is 5.69 Å². The third kappa shape index (κ3) is 2.55. The molecular formula is C12H18N4O. The number of hydrogen-bond donors (Lipinski definition) is 2. The minimum Gasteiger partial charge on any atom is -0.341 e. The van der Waals surface area contributed by atoms with Crippen LogP contribution in [0.5, 0.6) is 0 Å². The molecule has 0 aromatic carbocycles. The molecule has 0 radical (unpaired) electrons. The molecule has 1 saturated carbocycles. The number of pyridine rings is 1. The molecule has 0 aliphatic heterocycles. The molecule has 1 amide bonds. The number of rotatable bonds is 4. The molecule has 17 heavy (non-hydrogen) atoms. The highest BCUT2D eigenvalue weighted by Crippen LogP contribution is 2.27. The van der Waals surface area contributed by atoms with Crippen LogP contribution < -0.4 is 11.3 Å². The van der Waals surface area contributed by atoms with Crippen LogP contribution in [-0.2, 0) is 0 Å². The number of nitrogens with two attached hydrogens (primary N) is 1. The summed E-state index contributed by atoms with van der Waals surface area (Å²) in [4.78, 5) is 17.9. The predicted octanol–water partition coefficient (Wildman–Crippen LogP) is 1.24. The molecule has 1 aliphatic rings. The Labute approximate surface area is 101 Å². The van der Waals surface area contributed by atoms with E-state index in [4.69, 9.17) is 5.84 Å². The summed E-state index contributed by atoms with van der Waals surface area (Å²) in [6, 6.07) is 1.69. The summed E-state index contributed by atoms with van der Waals surface area (Å²) in [6.45, 7) is 0.825. The topological polar surface area (TPSA) is 71.2 Å². The zero-order valence-electron chi connectivity index (χ0n) is 10.0. The first-order chi connectivity index (χ1) is 8.22. The lowest BCUT2D eigenvalue weighted by molar-refractivity contribution is 0.0746. The normalized spacial score (nSPS) is 15.2. The molecule has 1 heterocycles. The van der Waals surface area contributed by atoms with Crippen LogP contribution in [0.1, 0.15) is 29.6 Å². The van der Waals surface area contributed by atoms with Crippen LogP contribution in [-0.4, -0.2) is 29.4 Å². The average molecular weight is 234 g/mol. The second-order valence-corrected chi connectivity index (χ2v) is 4.55. The van der Waals surface area contributed by atoms with Gasteiger partial charge in [-0.05, 0) is 24.8 Å². The molecule has 0 bridgehead atoms. The van der Waals surface area contributed by atoms with E-state index >= 15 is 0 Å². The zero-order chi connectivity index (χ0) is 12.3. The Hall–Kier alpha value is -1.62. The standard InChI is InChI=1S/C12H18N4O/c1-16(8-9-3-2-4-9)12(17)10-5-6-14-7-11(10)15-13/h5-7,9,15H,2-4,8,13H2,1H3. The highest BCUT2D eigenvalue weighted by molar-refractivity contribution is 5.99. The molecule has 3 N–H and O–H groups in total. The van der Waals surface area contributed by atoms with Gasteiger partial charge in [0.15, 0.2) is 0 Å². The van der Waals surface area contributed by atoms with E-state index in [1.165, 1.54) is 19.3 Å². The summed E-state index contributed by atoms with van der Waals surface area (Å²) in [6.07, 6.45) is 6.92. The predicted molar refractivity (Wildman–Crippen MR) is 66.3 cm³/mol. The minimum atomic E-state index is -0.00718. The van der Waals surface area contributed by atoms with Gasteiger partial charge in [-0.1, -0.05) is 6.42 Å². The third-order valence-electron chi connectivity index (χ3n) is 3.31. The Morgan fingerprint density at radius 3 is 3.00 bits per heavy atom. The minimum absolute atomic E-state index is 0.00718. The molecule has 1 fully saturated rings. The highest BCUT2D eigenvalue weighted by Gasteiger charge is 2.23. The summed E-state index contributed by atoms with van der Waals surface area (Å²) in [5.41, 5.74) is 3.64. The number of carbonyl (C=O) groups is 1. The first-order valence-electron chi connectivity index (χ1n) is 5.88. The fraction of sp³-hybridized carbons (Fsp3) is 0.500. The second kappa shape index (κ2) is 5.14. The van der Waals surface area contributed by atoms with Crippen molar-refractivity contribution in [1.82, 2.24) is 9.88 Å². The van der Waals surface area contributed by atoms with Crippen molar-refractivity contribution in [2.45, 2.75) is 19.3 Å². The van der Waals surface area contributed by atoms with Gasteiger partial charge in [-0.2, -0.15) is 0 Å². The molecule has 0 atom stereocenters. The van der Waals surface area contributed by atoms with Crippen molar-refractivity contribution in [1.29, 1.82) is 0 Å². The van der Waals surface area contributed by atoms with Crippen molar-refractivity contribution in [3.8, 4) is 0 Å². The lowest BCUT2D eigenvalue weighted by Gasteiger charge is -2.30. The molecule has 5 heteroatoms. The molecule has 92 valence electrons. The highest BCUT2D eigenvalue weighted by atomic mass is 16.2. The quantitative estimate of drug-likeness (QED) is 0.607. The van der Waals surface area contributed by atoms with E-state index in [0.29, 0.717) is 17.2 Å². The zero-order valence-corrected chi connectivity index (χ0v) is 10.0. The van der Waals surface area contributed by atoms with Gasteiger partial charge in [0.05, 0.1) is 17.4 Å². The number of amides is 1. The van der Waals surface area contributed by atoms with E-state index in [0.717, 1.165) is 6.54 Å². The molecule has 0 spiro atoms. The number of nitrogens with one attached hydrogen (secondary N) is 1. The van der Waals surface area contributed by atoms with Gasteiger partial charge in [-0.25, -0.2) is 0 Å². The molecule has 0 unspecified atom stereocenters. The Balaban J connectivity index is 2.06. The molecule has 0 saturated heterocycles. The fourth-order valence-corrected chi connectivity index (χ4v) is 2.05.